The first-order chi connectivity index (χ1) is 14.9. The molecule has 0 bridgehead atoms. The third-order valence-electron chi connectivity index (χ3n) is 4.66. The van der Waals surface area contributed by atoms with E-state index in [0.717, 1.165) is 12.0 Å². The van der Waals surface area contributed by atoms with Crippen molar-refractivity contribution in [3.05, 3.63) is 90.4 Å². The van der Waals surface area contributed by atoms with Crippen LogP contribution in [0.5, 0.6) is 0 Å². The second kappa shape index (κ2) is 9.73. The van der Waals surface area contributed by atoms with E-state index in [1.54, 1.807) is 30.7 Å². The molecule has 4 aromatic rings. The van der Waals surface area contributed by atoms with Gasteiger partial charge in [-0.3, -0.25) is 4.98 Å². The number of halogens is 1. The van der Waals surface area contributed by atoms with Gasteiger partial charge in [-0.25, -0.2) is 18.5 Å². The predicted molar refractivity (Wildman–Crippen MR) is 127 cm³/mol. The summed E-state index contributed by atoms with van der Waals surface area (Å²) >= 11 is 0. The summed E-state index contributed by atoms with van der Waals surface area (Å²) in [5.74, 6) is 0.559. The lowest BCUT2D eigenvalue weighted by molar-refractivity contribution is 0.598. The molecule has 0 radical (unpaired) electrons. The molecule has 2 heterocycles. The van der Waals surface area contributed by atoms with Crippen molar-refractivity contribution in [1.29, 1.82) is 0 Å². The molecule has 4 rings (SSSR count). The van der Waals surface area contributed by atoms with Crippen molar-refractivity contribution < 1.29 is 8.42 Å². The molecule has 0 saturated heterocycles. The molecule has 0 aliphatic heterocycles. The molecule has 0 aliphatic carbocycles. The molecular formula is C22H21ClN6O2S. The van der Waals surface area contributed by atoms with E-state index in [2.05, 4.69) is 20.3 Å². The van der Waals surface area contributed by atoms with Crippen LogP contribution in [0.1, 0.15) is 11.1 Å². The van der Waals surface area contributed by atoms with Crippen LogP contribution in [-0.2, 0) is 16.4 Å². The Morgan fingerprint density at radius 1 is 0.938 bits per heavy atom. The fraction of sp³-hybridized carbons (Fsp3) is 0.0455. The minimum atomic E-state index is -3.80. The van der Waals surface area contributed by atoms with Gasteiger partial charge in [0.05, 0.1) is 4.90 Å². The van der Waals surface area contributed by atoms with Crippen LogP contribution in [0.3, 0.4) is 0 Å². The Kier molecular flexibility index (Phi) is 7.04. The van der Waals surface area contributed by atoms with Gasteiger partial charge in [0.25, 0.3) is 0 Å². The fourth-order valence-electron chi connectivity index (χ4n) is 3.10. The topological polar surface area (TPSA) is 137 Å². The van der Waals surface area contributed by atoms with Crippen LogP contribution >= 0.6 is 12.4 Å². The van der Waals surface area contributed by atoms with Gasteiger partial charge in [0.1, 0.15) is 5.82 Å². The summed E-state index contributed by atoms with van der Waals surface area (Å²) in [6.45, 7) is 0. The number of nitrogens with two attached hydrogens (primary N) is 2. The van der Waals surface area contributed by atoms with E-state index in [1.165, 1.54) is 23.3 Å². The molecule has 0 spiro atoms. The van der Waals surface area contributed by atoms with E-state index in [4.69, 9.17) is 10.9 Å². The van der Waals surface area contributed by atoms with E-state index in [-0.39, 0.29) is 23.3 Å². The lowest BCUT2D eigenvalue weighted by Crippen LogP contribution is -2.12. The highest BCUT2D eigenvalue weighted by Crippen LogP contribution is 2.26. The molecule has 0 saturated carbocycles. The van der Waals surface area contributed by atoms with Crippen molar-refractivity contribution in [2.75, 3.05) is 11.1 Å². The van der Waals surface area contributed by atoms with Crippen molar-refractivity contribution in [1.82, 2.24) is 15.0 Å². The van der Waals surface area contributed by atoms with Gasteiger partial charge in [-0.2, -0.15) is 4.98 Å². The Morgan fingerprint density at radius 2 is 1.62 bits per heavy atom. The fourth-order valence-corrected chi connectivity index (χ4v) is 3.66. The smallest absolute Gasteiger partial charge is 0.238 e. The molecule has 0 unspecified atom stereocenters. The largest absolute Gasteiger partial charge is 0.383 e. The SMILES string of the molecule is Cl.Nc1nc(Nc2cccc(S(N)(=O)=O)c2)ncc1-c1ccc(Cc2ccncc2)cc1. The second-order valence-electron chi connectivity index (χ2n) is 6.92. The van der Waals surface area contributed by atoms with Crippen LogP contribution in [0.2, 0.25) is 0 Å². The molecule has 8 nitrogen and oxygen atoms in total. The summed E-state index contributed by atoms with van der Waals surface area (Å²) in [5.41, 5.74) is 10.6. The minimum absolute atomic E-state index is 0. The van der Waals surface area contributed by atoms with Crippen molar-refractivity contribution in [3.63, 3.8) is 0 Å². The number of nitrogens with zero attached hydrogens (tertiary/aromatic N) is 3. The third kappa shape index (κ3) is 5.58. The second-order valence-corrected chi connectivity index (χ2v) is 8.48. The Labute approximate surface area is 192 Å². The van der Waals surface area contributed by atoms with E-state index in [0.29, 0.717) is 17.1 Å². The van der Waals surface area contributed by atoms with Gasteiger partial charge >= 0.3 is 0 Å². The Hall–Kier alpha value is -3.53. The highest BCUT2D eigenvalue weighted by molar-refractivity contribution is 7.89. The van der Waals surface area contributed by atoms with E-state index >= 15 is 0 Å². The molecule has 2 aromatic carbocycles. The highest BCUT2D eigenvalue weighted by Gasteiger charge is 2.10. The van der Waals surface area contributed by atoms with Gasteiger partial charge in [0, 0.05) is 29.8 Å². The molecule has 5 N–H and O–H groups in total. The number of primary sulfonamides is 1. The molecule has 32 heavy (non-hydrogen) atoms. The number of sulfonamides is 1. The van der Waals surface area contributed by atoms with Crippen molar-refractivity contribution in [2.45, 2.75) is 11.3 Å². The lowest BCUT2D eigenvalue weighted by Gasteiger charge is -2.10. The number of pyridine rings is 1. The quantitative estimate of drug-likeness (QED) is 0.393. The van der Waals surface area contributed by atoms with Crippen LogP contribution in [0, 0.1) is 0 Å². The number of hydrogen-bond acceptors (Lipinski definition) is 7. The Balaban J connectivity index is 0.00000289. The molecule has 10 heteroatoms. The van der Waals surface area contributed by atoms with E-state index < -0.39 is 10.0 Å². The standard InChI is InChI=1S/C22H20N6O2S.ClH/c23-21-20(17-6-4-15(5-7-17)12-16-8-10-25-11-9-16)14-26-22(28-21)27-18-2-1-3-19(13-18)31(24,29)30;/h1-11,13-14H,12H2,(H2,24,29,30)(H3,23,26,27,28);1H. The average molecular weight is 469 g/mol. The average Bonchev–Trinajstić information content (AvgIpc) is 2.75. The zero-order valence-electron chi connectivity index (χ0n) is 16.8. The molecule has 0 amide bonds. The van der Waals surface area contributed by atoms with Gasteiger partial charge in [0.15, 0.2) is 0 Å². The monoisotopic (exact) mass is 468 g/mol. The van der Waals surface area contributed by atoms with E-state index in [1.807, 2.05) is 36.4 Å². The van der Waals surface area contributed by atoms with Crippen molar-refractivity contribution >= 4 is 39.9 Å². The summed E-state index contributed by atoms with van der Waals surface area (Å²) in [5, 5.41) is 8.12. The lowest BCUT2D eigenvalue weighted by atomic mass is 10.0. The van der Waals surface area contributed by atoms with Crippen LogP contribution in [-0.4, -0.2) is 23.4 Å². The number of aromatic nitrogens is 3. The highest BCUT2D eigenvalue weighted by atomic mass is 35.5. The zero-order chi connectivity index (χ0) is 21.8. The van der Waals surface area contributed by atoms with E-state index in [9.17, 15) is 8.42 Å². The third-order valence-corrected chi connectivity index (χ3v) is 5.57. The summed E-state index contributed by atoms with van der Waals surface area (Å²) in [4.78, 5) is 12.6. The summed E-state index contributed by atoms with van der Waals surface area (Å²) in [7, 11) is -3.80. The molecule has 164 valence electrons. The first kappa shape index (κ1) is 23.1. The van der Waals surface area contributed by atoms with Crippen molar-refractivity contribution in [2.24, 2.45) is 5.14 Å². The summed E-state index contributed by atoms with van der Waals surface area (Å²) < 4.78 is 23.0. The predicted octanol–water partition coefficient (Wildman–Crippen LogP) is 3.52. The van der Waals surface area contributed by atoms with Crippen LogP contribution in [0.15, 0.2) is 84.1 Å². The number of nitrogens with one attached hydrogen (secondary N) is 1. The maximum absolute atomic E-state index is 11.5. The molecule has 0 aliphatic rings. The number of benzene rings is 2. The maximum atomic E-state index is 11.5. The number of nitrogen functional groups attached to an aromatic ring is 1. The number of anilines is 3. The molecule has 0 atom stereocenters. The normalized spacial score (nSPS) is 10.9. The first-order valence-electron chi connectivity index (χ1n) is 9.39. The number of hydrogen-bond donors (Lipinski definition) is 3. The van der Waals surface area contributed by atoms with Crippen LogP contribution in [0.4, 0.5) is 17.5 Å². The van der Waals surface area contributed by atoms with Crippen LogP contribution in [0.25, 0.3) is 11.1 Å². The Morgan fingerprint density at radius 3 is 2.28 bits per heavy atom. The maximum Gasteiger partial charge on any atom is 0.238 e. The van der Waals surface area contributed by atoms with Crippen LogP contribution < -0.4 is 16.2 Å². The Bertz CT molecular complexity index is 1320. The molecule has 2 aromatic heterocycles. The van der Waals surface area contributed by atoms with Gasteiger partial charge in [-0.05, 0) is 53.4 Å². The summed E-state index contributed by atoms with van der Waals surface area (Å²) in [6, 6.07) is 18.1. The molecule has 0 fully saturated rings. The van der Waals surface area contributed by atoms with Crippen molar-refractivity contribution in [3.8, 4) is 11.1 Å². The number of rotatable bonds is 6. The van der Waals surface area contributed by atoms with Gasteiger partial charge in [0.2, 0.25) is 16.0 Å². The first-order valence-corrected chi connectivity index (χ1v) is 10.9. The summed E-state index contributed by atoms with van der Waals surface area (Å²) in [6.07, 6.45) is 6.01. The van der Waals surface area contributed by atoms with Gasteiger partial charge in [-0.1, -0.05) is 30.3 Å². The minimum Gasteiger partial charge on any atom is -0.383 e. The molecular weight excluding hydrogens is 448 g/mol. The van der Waals surface area contributed by atoms with Gasteiger partial charge < -0.3 is 11.1 Å². The zero-order valence-corrected chi connectivity index (χ0v) is 18.5. The van der Waals surface area contributed by atoms with Gasteiger partial charge in [-0.15, -0.1) is 12.4 Å².